The molecule has 0 aromatic heterocycles. The van der Waals surface area contributed by atoms with Crippen molar-refractivity contribution >= 4 is 17.8 Å². The molecule has 0 aliphatic carbocycles. The molecular formula is C10H13NO4. The predicted octanol–water partition coefficient (Wildman–Crippen LogP) is 0.411. The lowest BCUT2D eigenvalue weighted by Gasteiger charge is -2.25. The maximum Gasteiger partial charge on any atom is 0.327 e. The summed E-state index contributed by atoms with van der Waals surface area (Å²) < 4.78 is 0. The summed E-state index contributed by atoms with van der Waals surface area (Å²) in [5.41, 5.74) is 0.284. The lowest BCUT2D eigenvalue weighted by Crippen LogP contribution is -2.48. The largest absolute Gasteiger partial charge is 0.480 e. The van der Waals surface area contributed by atoms with Crippen LogP contribution in [0.25, 0.3) is 0 Å². The smallest absolute Gasteiger partial charge is 0.327 e. The summed E-state index contributed by atoms with van der Waals surface area (Å²) in [6.07, 6.45) is 1.17. The van der Waals surface area contributed by atoms with E-state index in [0.29, 0.717) is 0 Å². The van der Waals surface area contributed by atoms with Gasteiger partial charge in [0.25, 0.3) is 11.8 Å². The Bertz CT molecular complexity index is 356. The molecule has 1 heterocycles. The molecule has 1 aliphatic heterocycles. The van der Waals surface area contributed by atoms with Crippen LogP contribution in [0.15, 0.2) is 11.6 Å². The molecule has 0 aromatic rings. The third kappa shape index (κ3) is 1.91. The van der Waals surface area contributed by atoms with Crippen LogP contribution in [0, 0.1) is 5.92 Å². The molecule has 0 radical (unpaired) electrons. The van der Waals surface area contributed by atoms with E-state index in [2.05, 4.69) is 0 Å². The average Bonchev–Trinajstić information content (AvgIpc) is 2.31. The molecule has 0 aromatic carbocycles. The Hall–Kier alpha value is -1.65. The molecule has 5 nitrogen and oxygen atoms in total. The van der Waals surface area contributed by atoms with E-state index in [1.807, 2.05) is 0 Å². The summed E-state index contributed by atoms with van der Waals surface area (Å²) >= 11 is 0. The molecule has 5 heteroatoms. The van der Waals surface area contributed by atoms with Crippen molar-refractivity contribution in [1.82, 2.24) is 4.90 Å². The van der Waals surface area contributed by atoms with Gasteiger partial charge >= 0.3 is 5.97 Å². The van der Waals surface area contributed by atoms with E-state index in [-0.39, 0.29) is 11.5 Å². The number of carbonyl (C=O) groups excluding carboxylic acids is 2. The Morgan fingerprint density at radius 1 is 1.40 bits per heavy atom. The number of carboxylic acids is 1. The van der Waals surface area contributed by atoms with Gasteiger partial charge < -0.3 is 5.11 Å². The van der Waals surface area contributed by atoms with Crippen LogP contribution in [0.2, 0.25) is 0 Å². The maximum absolute atomic E-state index is 11.5. The summed E-state index contributed by atoms with van der Waals surface area (Å²) in [7, 11) is 0. The molecule has 0 unspecified atom stereocenters. The van der Waals surface area contributed by atoms with E-state index in [0.717, 1.165) is 4.90 Å². The fraction of sp³-hybridized carbons (Fsp3) is 0.500. The highest BCUT2D eigenvalue weighted by Gasteiger charge is 2.39. The molecular weight excluding hydrogens is 198 g/mol. The van der Waals surface area contributed by atoms with E-state index in [1.54, 1.807) is 13.8 Å². The van der Waals surface area contributed by atoms with Crippen molar-refractivity contribution in [2.24, 2.45) is 5.92 Å². The van der Waals surface area contributed by atoms with E-state index in [4.69, 9.17) is 5.11 Å². The van der Waals surface area contributed by atoms with Crippen LogP contribution in [0.4, 0.5) is 0 Å². The first kappa shape index (κ1) is 11.4. The highest BCUT2D eigenvalue weighted by molar-refractivity contribution is 6.17. The zero-order chi connectivity index (χ0) is 11.7. The quantitative estimate of drug-likeness (QED) is 0.686. The molecule has 0 saturated carbocycles. The van der Waals surface area contributed by atoms with Gasteiger partial charge in [-0.15, -0.1) is 0 Å². The van der Waals surface area contributed by atoms with Gasteiger partial charge in [-0.1, -0.05) is 13.8 Å². The van der Waals surface area contributed by atoms with Crippen molar-refractivity contribution in [3.63, 3.8) is 0 Å². The first-order chi connectivity index (χ1) is 6.86. The van der Waals surface area contributed by atoms with E-state index in [9.17, 15) is 14.4 Å². The van der Waals surface area contributed by atoms with Crippen LogP contribution in [-0.4, -0.2) is 33.8 Å². The van der Waals surface area contributed by atoms with Crippen LogP contribution in [0.3, 0.4) is 0 Å². The van der Waals surface area contributed by atoms with Gasteiger partial charge in [0.05, 0.1) is 0 Å². The second kappa shape index (κ2) is 3.84. The minimum atomic E-state index is -1.16. The topological polar surface area (TPSA) is 74.7 Å². The van der Waals surface area contributed by atoms with Crippen molar-refractivity contribution in [2.45, 2.75) is 26.8 Å². The second-order valence-corrected chi connectivity index (χ2v) is 3.87. The molecule has 0 bridgehead atoms. The lowest BCUT2D eigenvalue weighted by molar-refractivity contribution is -0.155. The molecule has 82 valence electrons. The van der Waals surface area contributed by atoms with Crippen LogP contribution in [0.5, 0.6) is 0 Å². The van der Waals surface area contributed by atoms with Crippen molar-refractivity contribution < 1.29 is 19.5 Å². The SMILES string of the molecule is CC1=CC(=O)N([C@H](C(=O)O)C(C)C)C1=O. The normalized spacial score (nSPS) is 18.4. The molecule has 0 fully saturated rings. The van der Waals surface area contributed by atoms with Crippen molar-refractivity contribution in [3.8, 4) is 0 Å². The molecule has 1 aliphatic rings. The van der Waals surface area contributed by atoms with Crippen LogP contribution in [-0.2, 0) is 14.4 Å². The molecule has 0 spiro atoms. The minimum Gasteiger partial charge on any atom is -0.480 e. The average molecular weight is 211 g/mol. The van der Waals surface area contributed by atoms with E-state index >= 15 is 0 Å². The van der Waals surface area contributed by atoms with Crippen LogP contribution in [0.1, 0.15) is 20.8 Å². The Labute approximate surface area is 87.4 Å². The van der Waals surface area contributed by atoms with Gasteiger partial charge in [0.1, 0.15) is 6.04 Å². The molecule has 0 saturated heterocycles. The summed E-state index contributed by atoms with van der Waals surface area (Å²) in [5.74, 6) is -2.52. The Balaban J connectivity index is 3.02. The summed E-state index contributed by atoms with van der Waals surface area (Å²) in [6.45, 7) is 4.82. The van der Waals surface area contributed by atoms with Gasteiger partial charge in [0, 0.05) is 11.6 Å². The van der Waals surface area contributed by atoms with E-state index in [1.165, 1.54) is 13.0 Å². The third-order valence-corrected chi connectivity index (χ3v) is 2.30. The highest BCUT2D eigenvalue weighted by Crippen LogP contribution is 2.20. The summed E-state index contributed by atoms with van der Waals surface area (Å²) in [5, 5.41) is 8.96. The van der Waals surface area contributed by atoms with E-state index < -0.39 is 23.8 Å². The highest BCUT2D eigenvalue weighted by atomic mass is 16.4. The van der Waals surface area contributed by atoms with Gasteiger partial charge in [0.2, 0.25) is 0 Å². The van der Waals surface area contributed by atoms with Gasteiger partial charge in [-0.2, -0.15) is 0 Å². The lowest BCUT2D eigenvalue weighted by atomic mass is 10.0. The Morgan fingerprint density at radius 3 is 2.20 bits per heavy atom. The number of amides is 2. The Morgan fingerprint density at radius 2 is 1.93 bits per heavy atom. The fourth-order valence-corrected chi connectivity index (χ4v) is 1.56. The first-order valence-corrected chi connectivity index (χ1v) is 4.65. The third-order valence-electron chi connectivity index (χ3n) is 2.30. The maximum atomic E-state index is 11.5. The van der Waals surface area contributed by atoms with Crippen molar-refractivity contribution in [2.75, 3.05) is 0 Å². The van der Waals surface area contributed by atoms with Gasteiger partial charge in [-0.25, -0.2) is 4.79 Å². The number of rotatable bonds is 3. The van der Waals surface area contributed by atoms with Crippen molar-refractivity contribution in [3.05, 3.63) is 11.6 Å². The van der Waals surface area contributed by atoms with Crippen LogP contribution < -0.4 is 0 Å². The number of imide groups is 1. The molecule has 1 rings (SSSR count). The zero-order valence-electron chi connectivity index (χ0n) is 8.85. The van der Waals surface area contributed by atoms with Gasteiger partial charge in [-0.3, -0.25) is 14.5 Å². The molecule has 1 atom stereocenters. The fourth-order valence-electron chi connectivity index (χ4n) is 1.56. The molecule has 1 N–H and O–H groups in total. The van der Waals surface area contributed by atoms with Crippen LogP contribution >= 0.6 is 0 Å². The number of carbonyl (C=O) groups is 3. The predicted molar refractivity (Wildman–Crippen MR) is 51.9 cm³/mol. The van der Waals surface area contributed by atoms with Gasteiger partial charge in [0.15, 0.2) is 0 Å². The van der Waals surface area contributed by atoms with Gasteiger partial charge in [-0.05, 0) is 12.8 Å². The molecule has 15 heavy (non-hydrogen) atoms. The molecule has 2 amide bonds. The zero-order valence-corrected chi connectivity index (χ0v) is 8.85. The summed E-state index contributed by atoms with van der Waals surface area (Å²) in [4.78, 5) is 34.7. The van der Waals surface area contributed by atoms with Crippen molar-refractivity contribution in [1.29, 1.82) is 0 Å². The number of carboxylic acid groups (broad SMARTS) is 1. The number of aliphatic carboxylic acids is 1. The number of nitrogens with zero attached hydrogens (tertiary/aromatic N) is 1. The standard InChI is InChI=1S/C10H13NO4/c1-5(2)8(10(14)15)11-7(12)4-6(3)9(11)13/h4-5,8H,1-3H3,(H,14,15)/t8-/m0/s1. The first-order valence-electron chi connectivity index (χ1n) is 4.65. The Kier molecular flexibility index (Phi) is 2.93. The second-order valence-electron chi connectivity index (χ2n) is 3.87. The monoisotopic (exact) mass is 211 g/mol. The summed E-state index contributed by atoms with van der Waals surface area (Å²) in [6, 6.07) is -1.08. The number of hydrogen-bond donors (Lipinski definition) is 1. The minimum absolute atomic E-state index is 0.284. The number of hydrogen-bond acceptors (Lipinski definition) is 3.